The van der Waals surface area contributed by atoms with Crippen LogP contribution in [0.3, 0.4) is 0 Å². The number of amides is 1. The molecule has 5 nitrogen and oxygen atoms in total. The van der Waals surface area contributed by atoms with E-state index in [1.54, 1.807) is 0 Å². The number of carbonyl (C=O) groups excluding carboxylic acids is 1. The van der Waals surface area contributed by atoms with Gasteiger partial charge < -0.3 is 10.5 Å². The van der Waals surface area contributed by atoms with E-state index in [-0.39, 0.29) is 27.5 Å². The SMILES string of the molecule is NC(=S)NNC(=O)COc1cc(Cl)c(Cl)cc1Cl. The van der Waals surface area contributed by atoms with Gasteiger partial charge in [-0.3, -0.25) is 15.6 Å². The zero-order chi connectivity index (χ0) is 13.7. The summed E-state index contributed by atoms with van der Waals surface area (Å²) in [5, 5.41) is 0.766. The molecule has 1 amide bonds. The maximum absolute atomic E-state index is 11.3. The molecule has 18 heavy (non-hydrogen) atoms. The van der Waals surface area contributed by atoms with E-state index in [1.165, 1.54) is 12.1 Å². The van der Waals surface area contributed by atoms with Crippen molar-refractivity contribution in [2.75, 3.05) is 6.61 Å². The monoisotopic (exact) mass is 327 g/mol. The van der Waals surface area contributed by atoms with Gasteiger partial charge in [-0.25, -0.2) is 0 Å². The van der Waals surface area contributed by atoms with Crippen LogP contribution in [0.4, 0.5) is 0 Å². The Balaban J connectivity index is 2.56. The van der Waals surface area contributed by atoms with E-state index in [4.69, 9.17) is 45.3 Å². The molecule has 0 bridgehead atoms. The predicted octanol–water partition coefficient (Wildman–Crippen LogP) is 1.89. The lowest BCUT2D eigenvalue weighted by atomic mass is 10.3. The van der Waals surface area contributed by atoms with Gasteiger partial charge in [0.1, 0.15) is 5.75 Å². The first-order chi connectivity index (χ1) is 8.40. The van der Waals surface area contributed by atoms with Crippen molar-refractivity contribution in [3.63, 3.8) is 0 Å². The molecule has 0 aliphatic carbocycles. The summed E-state index contributed by atoms with van der Waals surface area (Å²) in [6, 6.07) is 2.84. The van der Waals surface area contributed by atoms with Gasteiger partial charge in [0.25, 0.3) is 5.91 Å². The first-order valence-electron chi connectivity index (χ1n) is 4.51. The summed E-state index contributed by atoms with van der Waals surface area (Å²) in [6.45, 7) is -0.284. The normalized spacial score (nSPS) is 9.72. The van der Waals surface area contributed by atoms with E-state index in [9.17, 15) is 4.79 Å². The molecule has 1 rings (SSSR count). The molecule has 0 saturated heterocycles. The minimum absolute atomic E-state index is 0.0593. The predicted molar refractivity (Wildman–Crippen MR) is 75.0 cm³/mol. The summed E-state index contributed by atoms with van der Waals surface area (Å²) in [6.07, 6.45) is 0. The van der Waals surface area contributed by atoms with Gasteiger partial charge >= 0.3 is 0 Å². The number of hydrogen-bond donors (Lipinski definition) is 3. The summed E-state index contributed by atoms with van der Waals surface area (Å²) in [7, 11) is 0. The lowest BCUT2D eigenvalue weighted by Crippen LogP contribution is -2.46. The molecule has 0 atom stereocenters. The van der Waals surface area contributed by atoms with Crippen LogP contribution in [0.15, 0.2) is 12.1 Å². The molecule has 0 aromatic heterocycles. The average molecular weight is 329 g/mol. The topological polar surface area (TPSA) is 76.4 Å². The molecule has 4 N–H and O–H groups in total. The Morgan fingerprint density at radius 1 is 1.22 bits per heavy atom. The number of benzene rings is 1. The summed E-state index contributed by atoms with van der Waals surface area (Å²) in [4.78, 5) is 11.3. The Hall–Kier alpha value is -0.950. The Morgan fingerprint density at radius 3 is 2.44 bits per heavy atom. The van der Waals surface area contributed by atoms with Crippen LogP contribution in [0, 0.1) is 0 Å². The molecule has 0 saturated carbocycles. The van der Waals surface area contributed by atoms with Gasteiger partial charge in [0.05, 0.1) is 15.1 Å². The largest absolute Gasteiger partial charge is 0.482 e. The van der Waals surface area contributed by atoms with Crippen LogP contribution in [-0.4, -0.2) is 17.6 Å². The zero-order valence-corrected chi connectivity index (χ0v) is 11.9. The number of hydrazine groups is 1. The number of ether oxygens (including phenoxy) is 1. The van der Waals surface area contributed by atoms with E-state index in [1.807, 2.05) is 0 Å². The second-order valence-electron chi connectivity index (χ2n) is 3.02. The minimum atomic E-state index is -0.482. The third-order valence-electron chi connectivity index (χ3n) is 1.66. The van der Waals surface area contributed by atoms with Crippen LogP contribution in [0.25, 0.3) is 0 Å². The number of nitrogens with one attached hydrogen (secondary N) is 2. The van der Waals surface area contributed by atoms with Gasteiger partial charge in [-0.1, -0.05) is 34.8 Å². The second kappa shape index (κ2) is 6.84. The molecule has 9 heteroatoms. The summed E-state index contributed by atoms with van der Waals surface area (Å²) in [5.41, 5.74) is 9.60. The molecule has 0 unspecified atom stereocenters. The van der Waals surface area contributed by atoms with Gasteiger partial charge in [0.2, 0.25) is 0 Å². The molecule has 0 fully saturated rings. The van der Waals surface area contributed by atoms with Crippen molar-refractivity contribution in [3.05, 3.63) is 27.2 Å². The van der Waals surface area contributed by atoms with Crippen LogP contribution >= 0.6 is 47.0 Å². The Labute approximate surface area is 123 Å². The summed E-state index contributed by atoms with van der Waals surface area (Å²) in [5.74, 6) is -0.235. The lowest BCUT2D eigenvalue weighted by molar-refractivity contribution is -0.123. The summed E-state index contributed by atoms with van der Waals surface area (Å²) >= 11 is 21.9. The zero-order valence-electron chi connectivity index (χ0n) is 8.80. The fourth-order valence-corrected chi connectivity index (χ4v) is 1.57. The van der Waals surface area contributed by atoms with E-state index < -0.39 is 5.91 Å². The van der Waals surface area contributed by atoms with Crippen molar-refractivity contribution in [1.29, 1.82) is 0 Å². The number of hydrogen-bond acceptors (Lipinski definition) is 3. The molecule has 0 radical (unpaired) electrons. The molecule has 0 aliphatic rings. The highest BCUT2D eigenvalue weighted by molar-refractivity contribution is 7.80. The molecule has 1 aromatic rings. The quantitative estimate of drug-likeness (QED) is 0.449. The van der Waals surface area contributed by atoms with Crippen LogP contribution in [-0.2, 0) is 4.79 Å². The number of thiocarbonyl (C=S) groups is 1. The average Bonchev–Trinajstić information content (AvgIpc) is 2.29. The Bertz CT molecular complexity index is 484. The first kappa shape index (κ1) is 15.1. The van der Waals surface area contributed by atoms with Crippen molar-refractivity contribution >= 4 is 58.0 Å². The maximum Gasteiger partial charge on any atom is 0.276 e. The Kier molecular flexibility index (Phi) is 5.74. The molecule has 98 valence electrons. The Morgan fingerprint density at radius 2 is 1.83 bits per heavy atom. The van der Waals surface area contributed by atoms with Crippen LogP contribution in [0.1, 0.15) is 0 Å². The van der Waals surface area contributed by atoms with Gasteiger partial charge in [-0.15, -0.1) is 0 Å². The number of nitrogens with two attached hydrogens (primary N) is 1. The van der Waals surface area contributed by atoms with Crippen molar-refractivity contribution in [2.45, 2.75) is 0 Å². The van der Waals surface area contributed by atoms with Crippen molar-refractivity contribution < 1.29 is 9.53 Å². The van der Waals surface area contributed by atoms with Gasteiger partial charge in [0, 0.05) is 6.07 Å². The molecule has 1 aromatic carbocycles. The van der Waals surface area contributed by atoms with Gasteiger partial charge in [-0.2, -0.15) is 0 Å². The van der Waals surface area contributed by atoms with Crippen molar-refractivity contribution in [2.24, 2.45) is 5.73 Å². The van der Waals surface area contributed by atoms with Crippen LogP contribution in [0.2, 0.25) is 15.1 Å². The molecular formula is C9H8Cl3N3O2S. The number of halogens is 3. The molecular weight excluding hydrogens is 321 g/mol. The number of carbonyl (C=O) groups is 1. The minimum Gasteiger partial charge on any atom is -0.482 e. The lowest BCUT2D eigenvalue weighted by Gasteiger charge is -2.10. The fourth-order valence-electron chi connectivity index (χ4n) is 0.926. The first-order valence-corrected chi connectivity index (χ1v) is 6.06. The highest BCUT2D eigenvalue weighted by Gasteiger charge is 2.09. The van der Waals surface area contributed by atoms with Crippen molar-refractivity contribution in [1.82, 2.24) is 10.9 Å². The molecule has 0 aliphatic heterocycles. The smallest absolute Gasteiger partial charge is 0.276 e. The third kappa shape index (κ3) is 4.73. The maximum atomic E-state index is 11.3. The van der Waals surface area contributed by atoms with Crippen molar-refractivity contribution in [3.8, 4) is 5.75 Å². The highest BCUT2D eigenvalue weighted by atomic mass is 35.5. The van der Waals surface area contributed by atoms with Gasteiger partial charge in [-0.05, 0) is 18.3 Å². The number of rotatable bonds is 3. The van der Waals surface area contributed by atoms with E-state index in [2.05, 4.69) is 23.1 Å². The standard InChI is InChI=1S/C9H8Cl3N3O2S/c10-4-1-6(12)7(2-5(4)11)17-3-8(16)14-15-9(13)18/h1-2H,3H2,(H,14,16)(H3,13,15,18). The third-order valence-corrected chi connectivity index (χ3v) is 2.78. The van der Waals surface area contributed by atoms with Gasteiger partial charge in [0.15, 0.2) is 11.7 Å². The van der Waals surface area contributed by atoms with Crippen LogP contribution in [0.5, 0.6) is 5.75 Å². The van der Waals surface area contributed by atoms with E-state index >= 15 is 0 Å². The fraction of sp³-hybridized carbons (Fsp3) is 0.111. The van der Waals surface area contributed by atoms with Crippen LogP contribution < -0.4 is 21.3 Å². The molecule has 0 heterocycles. The van der Waals surface area contributed by atoms with E-state index in [0.29, 0.717) is 5.02 Å². The molecule has 0 spiro atoms. The summed E-state index contributed by atoms with van der Waals surface area (Å²) < 4.78 is 5.16. The second-order valence-corrected chi connectivity index (χ2v) is 4.68. The van der Waals surface area contributed by atoms with E-state index in [0.717, 1.165) is 0 Å². The highest BCUT2D eigenvalue weighted by Crippen LogP contribution is 2.33.